The fourth-order valence-corrected chi connectivity index (χ4v) is 4.75. The van der Waals surface area contributed by atoms with Gasteiger partial charge in [0.15, 0.2) is 16.9 Å². The summed E-state index contributed by atoms with van der Waals surface area (Å²) in [5, 5.41) is 0.443. The van der Waals surface area contributed by atoms with Crippen molar-refractivity contribution in [1.82, 2.24) is 4.98 Å². The van der Waals surface area contributed by atoms with Gasteiger partial charge in [0.25, 0.3) is 5.91 Å². The molecule has 0 radical (unpaired) electrons. The Labute approximate surface area is 215 Å². The van der Waals surface area contributed by atoms with Crippen LogP contribution in [0.2, 0.25) is 0 Å². The lowest BCUT2D eigenvalue weighted by Gasteiger charge is -2.25. The van der Waals surface area contributed by atoms with Crippen LogP contribution in [0.3, 0.4) is 0 Å². The van der Waals surface area contributed by atoms with Gasteiger partial charge in [-0.2, -0.15) is 0 Å². The fourth-order valence-electron chi connectivity index (χ4n) is 4.75. The maximum atomic E-state index is 13.8. The van der Waals surface area contributed by atoms with Crippen molar-refractivity contribution >= 4 is 22.7 Å². The number of unbranched alkanes of at least 4 members (excludes halogenated alkanes) is 2. The van der Waals surface area contributed by atoms with Gasteiger partial charge in [0.1, 0.15) is 11.4 Å². The van der Waals surface area contributed by atoms with Gasteiger partial charge in [-0.15, -0.1) is 0 Å². The normalized spacial score (nSPS) is 14.8. The maximum absolute atomic E-state index is 13.8. The molecular formula is C30H30N2O5. The van der Waals surface area contributed by atoms with E-state index in [9.17, 15) is 9.59 Å². The first-order valence-electron chi connectivity index (χ1n) is 12.6. The number of aryl methyl sites for hydroxylation is 2. The summed E-state index contributed by atoms with van der Waals surface area (Å²) in [7, 11) is 1.58. The van der Waals surface area contributed by atoms with Crippen LogP contribution in [0.25, 0.3) is 11.0 Å². The van der Waals surface area contributed by atoms with Crippen molar-refractivity contribution in [3.8, 4) is 11.5 Å². The van der Waals surface area contributed by atoms with Crippen molar-refractivity contribution in [2.24, 2.45) is 0 Å². The topological polar surface area (TPSA) is 81.9 Å². The Morgan fingerprint density at radius 1 is 0.973 bits per heavy atom. The Hall–Kier alpha value is -4.13. The second kappa shape index (κ2) is 10.1. The molecule has 0 fully saturated rings. The molecule has 190 valence electrons. The number of carbonyl (C=O) groups excluding carboxylic acids is 1. The molecular weight excluding hydrogens is 468 g/mol. The number of anilines is 1. The minimum atomic E-state index is -0.734. The SMILES string of the molecule is CCCCCOc1ccc(C2c3c(oc4ccc(C)cc4c3=O)C(=O)N2c2ccc(C)cn2)cc1OC. The average molecular weight is 499 g/mol. The quantitative estimate of drug-likeness (QED) is 0.272. The molecule has 7 nitrogen and oxygen atoms in total. The molecule has 0 saturated heterocycles. The van der Waals surface area contributed by atoms with Crippen LogP contribution in [-0.2, 0) is 0 Å². The summed E-state index contributed by atoms with van der Waals surface area (Å²) < 4.78 is 17.7. The number of ether oxygens (including phenoxy) is 2. The lowest BCUT2D eigenvalue weighted by molar-refractivity contribution is 0.0970. The zero-order valence-corrected chi connectivity index (χ0v) is 21.5. The number of benzene rings is 2. The summed E-state index contributed by atoms with van der Waals surface area (Å²) in [6.45, 7) is 6.58. The van der Waals surface area contributed by atoms with Gasteiger partial charge in [-0.3, -0.25) is 14.5 Å². The summed E-state index contributed by atoms with van der Waals surface area (Å²) in [6, 6.07) is 13.8. The van der Waals surface area contributed by atoms with Crippen molar-refractivity contribution < 1.29 is 18.7 Å². The molecule has 0 bridgehead atoms. The van der Waals surface area contributed by atoms with E-state index in [-0.39, 0.29) is 11.2 Å². The number of fused-ring (bicyclic) bond motifs is 2. The summed E-state index contributed by atoms with van der Waals surface area (Å²) >= 11 is 0. The number of rotatable bonds is 8. The highest BCUT2D eigenvalue weighted by Gasteiger charge is 2.44. The molecule has 2 aromatic carbocycles. The van der Waals surface area contributed by atoms with Gasteiger partial charge < -0.3 is 13.9 Å². The van der Waals surface area contributed by atoms with Crippen molar-refractivity contribution in [2.45, 2.75) is 46.1 Å². The third-order valence-corrected chi connectivity index (χ3v) is 6.68. The molecule has 2 aromatic heterocycles. The number of amides is 1. The molecule has 1 aliphatic rings. The first-order chi connectivity index (χ1) is 17.9. The Kier molecular flexibility index (Phi) is 6.70. The van der Waals surface area contributed by atoms with Crippen LogP contribution in [0, 0.1) is 13.8 Å². The average Bonchev–Trinajstić information content (AvgIpc) is 3.20. The van der Waals surface area contributed by atoms with Crippen LogP contribution < -0.4 is 19.8 Å². The lowest BCUT2D eigenvalue weighted by Crippen LogP contribution is -2.30. The van der Waals surface area contributed by atoms with Gasteiger partial charge in [0.2, 0.25) is 5.76 Å². The predicted octanol–water partition coefficient (Wildman–Crippen LogP) is 6.13. The van der Waals surface area contributed by atoms with E-state index < -0.39 is 11.9 Å². The van der Waals surface area contributed by atoms with Crippen LogP contribution >= 0.6 is 0 Å². The third-order valence-electron chi connectivity index (χ3n) is 6.68. The highest BCUT2D eigenvalue weighted by atomic mass is 16.5. The van der Waals surface area contributed by atoms with Gasteiger partial charge in [-0.1, -0.05) is 43.5 Å². The number of aromatic nitrogens is 1. The molecule has 1 aliphatic heterocycles. The first kappa shape index (κ1) is 24.6. The smallest absolute Gasteiger partial charge is 0.296 e. The van der Waals surface area contributed by atoms with Crippen LogP contribution in [0.4, 0.5) is 5.82 Å². The van der Waals surface area contributed by atoms with Gasteiger partial charge in [0.05, 0.1) is 30.7 Å². The molecule has 1 atom stereocenters. The van der Waals surface area contributed by atoms with Crippen molar-refractivity contribution in [3.63, 3.8) is 0 Å². The van der Waals surface area contributed by atoms with Gasteiger partial charge in [-0.25, -0.2) is 4.98 Å². The molecule has 0 spiro atoms. The maximum Gasteiger partial charge on any atom is 0.296 e. The largest absolute Gasteiger partial charge is 0.493 e. The molecule has 1 unspecified atom stereocenters. The summed E-state index contributed by atoms with van der Waals surface area (Å²) in [5.41, 5.74) is 3.05. The molecule has 5 rings (SSSR count). The Morgan fingerprint density at radius 3 is 2.51 bits per heavy atom. The van der Waals surface area contributed by atoms with Crippen LogP contribution in [0.15, 0.2) is 63.9 Å². The molecule has 7 heteroatoms. The monoisotopic (exact) mass is 498 g/mol. The second-order valence-corrected chi connectivity index (χ2v) is 9.41. The minimum Gasteiger partial charge on any atom is -0.493 e. The highest BCUT2D eigenvalue weighted by molar-refractivity contribution is 6.10. The number of hydrogen-bond acceptors (Lipinski definition) is 6. The van der Waals surface area contributed by atoms with E-state index in [1.54, 1.807) is 31.5 Å². The van der Waals surface area contributed by atoms with E-state index in [0.717, 1.165) is 30.4 Å². The second-order valence-electron chi connectivity index (χ2n) is 9.41. The number of methoxy groups -OCH3 is 1. The lowest BCUT2D eigenvalue weighted by atomic mass is 9.97. The number of nitrogens with zero attached hydrogens (tertiary/aromatic N) is 2. The van der Waals surface area contributed by atoms with Crippen molar-refractivity contribution in [1.29, 1.82) is 0 Å². The molecule has 37 heavy (non-hydrogen) atoms. The summed E-state index contributed by atoms with van der Waals surface area (Å²) in [4.78, 5) is 33.6. The van der Waals surface area contributed by atoms with Crippen molar-refractivity contribution in [2.75, 3.05) is 18.6 Å². The Bertz CT molecular complexity index is 1520. The minimum absolute atomic E-state index is 0.0348. The zero-order valence-electron chi connectivity index (χ0n) is 21.5. The number of pyridine rings is 1. The predicted molar refractivity (Wildman–Crippen MR) is 143 cm³/mol. The molecule has 3 heterocycles. The molecule has 0 saturated carbocycles. The van der Waals surface area contributed by atoms with E-state index in [2.05, 4.69) is 11.9 Å². The highest BCUT2D eigenvalue weighted by Crippen LogP contribution is 2.42. The third kappa shape index (κ3) is 4.46. The van der Waals surface area contributed by atoms with Crippen LogP contribution in [0.1, 0.15) is 65.0 Å². The van der Waals surface area contributed by atoms with Crippen LogP contribution in [-0.4, -0.2) is 24.6 Å². The fraction of sp³-hybridized carbons (Fsp3) is 0.300. The number of carbonyl (C=O) groups is 1. The Balaban J connectivity index is 1.67. The van der Waals surface area contributed by atoms with Gasteiger partial charge >= 0.3 is 0 Å². The van der Waals surface area contributed by atoms with Crippen molar-refractivity contribution in [3.05, 3.63) is 93.0 Å². The summed E-state index contributed by atoms with van der Waals surface area (Å²) in [6.07, 6.45) is 4.84. The standard InChI is InChI=1S/C30H30N2O5/c1-5-6-7-14-36-23-12-10-20(16-24(23)35-4)27-26-28(33)21-15-18(2)8-11-22(21)37-29(26)30(34)32(27)25-13-9-19(3)17-31-25/h8-13,15-17,27H,5-7,14H2,1-4H3. The van der Waals surface area contributed by atoms with Crippen LogP contribution in [0.5, 0.6) is 11.5 Å². The summed E-state index contributed by atoms with van der Waals surface area (Å²) in [5.74, 6) is 1.22. The van der Waals surface area contributed by atoms with E-state index in [1.807, 2.05) is 44.2 Å². The van der Waals surface area contributed by atoms with Gasteiger partial charge in [-0.05, 0) is 61.7 Å². The van der Waals surface area contributed by atoms with E-state index in [1.165, 1.54) is 4.90 Å². The van der Waals surface area contributed by atoms with Gasteiger partial charge in [0, 0.05) is 6.20 Å². The zero-order chi connectivity index (χ0) is 26.1. The molecule has 1 amide bonds. The van der Waals surface area contributed by atoms with E-state index in [0.29, 0.717) is 46.0 Å². The Morgan fingerprint density at radius 2 is 1.78 bits per heavy atom. The number of hydrogen-bond donors (Lipinski definition) is 0. The van der Waals surface area contributed by atoms with E-state index in [4.69, 9.17) is 13.9 Å². The molecule has 0 N–H and O–H groups in total. The van der Waals surface area contributed by atoms with E-state index >= 15 is 0 Å². The molecule has 0 aliphatic carbocycles. The first-order valence-corrected chi connectivity index (χ1v) is 12.6. The molecule has 4 aromatic rings.